The van der Waals surface area contributed by atoms with Gasteiger partial charge in [-0.15, -0.1) is 0 Å². The Morgan fingerprint density at radius 3 is 2.41 bits per heavy atom. The summed E-state index contributed by atoms with van der Waals surface area (Å²) in [6.45, 7) is 5.79. The number of hydrogen-bond donors (Lipinski definition) is 2. The minimum atomic E-state index is -1.14. The molecule has 0 aromatic rings. The van der Waals surface area contributed by atoms with Gasteiger partial charge in [-0.2, -0.15) is 0 Å². The molecule has 2 N–H and O–H groups in total. The average Bonchev–Trinajstić information content (AvgIpc) is 2.14. The highest BCUT2D eigenvalue weighted by atomic mass is 16.4. The molecule has 1 heterocycles. The van der Waals surface area contributed by atoms with E-state index in [2.05, 4.69) is 5.32 Å². The first-order valence-corrected chi connectivity index (χ1v) is 5.52. The van der Waals surface area contributed by atoms with Crippen molar-refractivity contribution < 1.29 is 19.5 Å². The van der Waals surface area contributed by atoms with Crippen LogP contribution < -0.4 is 5.32 Å². The number of carbonyl (C=O) groups is 3. The summed E-state index contributed by atoms with van der Waals surface area (Å²) in [4.78, 5) is 35.7. The number of carboxylic acid groups (broad SMARTS) is 1. The molecule has 0 spiro atoms. The zero-order chi connectivity index (χ0) is 13.2. The van der Waals surface area contributed by atoms with Gasteiger partial charge in [0.15, 0.2) is 0 Å². The Balaban J connectivity index is 2.85. The van der Waals surface area contributed by atoms with Crippen molar-refractivity contribution in [3.05, 3.63) is 0 Å². The fourth-order valence-corrected chi connectivity index (χ4v) is 1.86. The number of aliphatic carboxylic acids is 1. The lowest BCUT2D eigenvalue weighted by molar-refractivity contribution is -0.158. The van der Waals surface area contributed by atoms with Crippen LogP contribution >= 0.6 is 0 Å². The summed E-state index contributed by atoms with van der Waals surface area (Å²) in [6.07, 6.45) is 0. The molecule has 0 aromatic heterocycles. The highest BCUT2D eigenvalue weighted by Crippen LogP contribution is 2.28. The van der Waals surface area contributed by atoms with E-state index in [1.165, 1.54) is 4.90 Å². The Bertz CT molecular complexity index is 346. The van der Waals surface area contributed by atoms with Gasteiger partial charge in [0.1, 0.15) is 5.92 Å². The first-order valence-electron chi connectivity index (χ1n) is 5.52. The SMILES string of the molecule is CC(C)(C)C(C(=O)O)C(=O)N1CCNC(=O)C1. The van der Waals surface area contributed by atoms with Crippen LogP contribution in [0.2, 0.25) is 0 Å². The van der Waals surface area contributed by atoms with E-state index in [4.69, 9.17) is 5.11 Å². The fourth-order valence-electron chi connectivity index (χ4n) is 1.86. The molecule has 0 saturated carbocycles. The second-order valence-electron chi connectivity index (χ2n) is 5.25. The Morgan fingerprint density at radius 2 is 2.00 bits per heavy atom. The molecule has 0 aromatic carbocycles. The van der Waals surface area contributed by atoms with Crippen LogP contribution in [0, 0.1) is 11.3 Å². The fraction of sp³-hybridized carbons (Fsp3) is 0.727. The number of carboxylic acids is 1. The van der Waals surface area contributed by atoms with E-state index in [0.29, 0.717) is 13.1 Å². The zero-order valence-electron chi connectivity index (χ0n) is 10.3. The van der Waals surface area contributed by atoms with Crippen LogP contribution in [0.25, 0.3) is 0 Å². The summed E-state index contributed by atoms with van der Waals surface area (Å²) < 4.78 is 0. The summed E-state index contributed by atoms with van der Waals surface area (Å²) in [5.74, 6) is -3.00. The number of amides is 2. The molecular weight excluding hydrogens is 224 g/mol. The van der Waals surface area contributed by atoms with Crippen LogP contribution in [-0.2, 0) is 14.4 Å². The van der Waals surface area contributed by atoms with Crippen molar-refractivity contribution in [3.8, 4) is 0 Å². The van der Waals surface area contributed by atoms with Crippen molar-refractivity contribution >= 4 is 17.8 Å². The molecule has 1 atom stereocenters. The van der Waals surface area contributed by atoms with Crippen LogP contribution in [0.4, 0.5) is 0 Å². The minimum Gasteiger partial charge on any atom is -0.481 e. The number of nitrogens with one attached hydrogen (secondary N) is 1. The summed E-state index contributed by atoms with van der Waals surface area (Å²) in [5, 5.41) is 11.7. The van der Waals surface area contributed by atoms with Gasteiger partial charge in [0, 0.05) is 13.1 Å². The van der Waals surface area contributed by atoms with Crippen molar-refractivity contribution in [1.29, 1.82) is 0 Å². The Hall–Kier alpha value is -1.59. The highest BCUT2D eigenvalue weighted by molar-refractivity contribution is 5.99. The number of rotatable bonds is 2. The molecule has 17 heavy (non-hydrogen) atoms. The summed E-state index contributed by atoms with van der Waals surface area (Å²) in [5.41, 5.74) is -0.670. The normalized spacial score (nSPS) is 18.5. The van der Waals surface area contributed by atoms with Crippen molar-refractivity contribution in [1.82, 2.24) is 10.2 Å². The first kappa shape index (κ1) is 13.5. The average molecular weight is 242 g/mol. The van der Waals surface area contributed by atoms with Gasteiger partial charge < -0.3 is 15.3 Å². The Morgan fingerprint density at radius 1 is 1.41 bits per heavy atom. The smallest absolute Gasteiger partial charge is 0.316 e. The third-order valence-electron chi connectivity index (χ3n) is 2.71. The Labute approximate surface area is 100.0 Å². The van der Waals surface area contributed by atoms with Crippen LogP contribution in [0.1, 0.15) is 20.8 Å². The largest absolute Gasteiger partial charge is 0.481 e. The van der Waals surface area contributed by atoms with E-state index in [1.807, 2.05) is 0 Å². The molecule has 96 valence electrons. The lowest BCUT2D eigenvalue weighted by atomic mass is 9.79. The number of piperazine rings is 1. The van der Waals surface area contributed by atoms with Gasteiger partial charge in [0.25, 0.3) is 0 Å². The van der Waals surface area contributed by atoms with E-state index in [0.717, 1.165) is 0 Å². The van der Waals surface area contributed by atoms with Gasteiger partial charge in [-0.1, -0.05) is 20.8 Å². The molecule has 1 unspecified atom stereocenters. The predicted molar refractivity (Wildman–Crippen MR) is 60.2 cm³/mol. The third-order valence-corrected chi connectivity index (χ3v) is 2.71. The second-order valence-corrected chi connectivity index (χ2v) is 5.25. The van der Waals surface area contributed by atoms with E-state index in [1.54, 1.807) is 20.8 Å². The van der Waals surface area contributed by atoms with Crippen LogP contribution in [0.3, 0.4) is 0 Å². The topological polar surface area (TPSA) is 86.7 Å². The number of hydrogen-bond acceptors (Lipinski definition) is 3. The first-order chi connectivity index (χ1) is 7.73. The lowest BCUT2D eigenvalue weighted by Crippen LogP contribution is -2.54. The molecule has 6 heteroatoms. The molecule has 0 aliphatic carbocycles. The molecule has 2 amide bonds. The van der Waals surface area contributed by atoms with Crippen molar-refractivity contribution in [2.45, 2.75) is 20.8 Å². The molecule has 6 nitrogen and oxygen atoms in total. The maximum absolute atomic E-state index is 12.1. The standard InChI is InChI=1S/C11H18N2O4/c1-11(2,3)8(10(16)17)9(15)13-5-4-12-7(14)6-13/h8H,4-6H2,1-3H3,(H,12,14)(H,16,17). The van der Waals surface area contributed by atoms with Gasteiger partial charge in [-0.05, 0) is 5.41 Å². The predicted octanol–water partition coefficient (Wildman–Crippen LogP) is -0.308. The highest BCUT2D eigenvalue weighted by Gasteiger charge is 2.41. The maximum atomic E-state index is 12.1. The van der Waals surface area contributed by atoms with Crippen LogP contribution in [0.15, 0.2) is 0 Å². The molecule has 1 aliphatic rings. The van der Waals surface area contributed by atoms with Gasteiger partial charge in [0.05, 0.1) is 6.54 Å². The quantitative estimate of drug-likeness (QED) is 0.650. The molecule has 1 aliphatic heterocycles. The zero-order valence-corrected chi connectivity index (χ0v) is 10.3. The van der Waals surface area contributed by atoms with E-state index in [-0.39, 0.29) is 12.5 Å². The van der Waals surface area contributed by atoms with Gasteiger partial charge in [0.2, 0.25) is 11.8 Å². The number of carbonyl (C=O) groups excluding carboxylic acids is 2. The monoisotopic (exact) mass is 242 g/mol. The summed E-state index contributed by atoms with van der Waals surface area (Å²) in [7, 11) is 0. The molecule has 0 bridgehead atoms. The lowest BCUT2D eigenvalue weighted by Gasteiger charge is -2.33. The van der Waals surface area contributed by atoms with Gasteiger partial charge in [-0.3, -0.25) is 14.4 Å². The number of nitrogens with zero attached hydrogens (tertiary/aromatic N) is 1. The Kier molecular flexibility index (Phi) is 3.75. The summed E-state index contributed by atoms with van der Waals surface area (Å²) in [6, 6.07) is 0. The van der Waals surface area contributed by atoms with Crippen molar-refractivity contribution in [2.75, 3.05) is 19.6 Å². The van der Waals surface area contributed by atoms with E-state index >= 15 is 0 Å². The van der Waals surface area contributed by atoms with Crippen molar-refractivity contribution in [2.24, 2.45) is 11.3 Å². The maximum Gasteiger partial charge on any atom is 0.316 e. The van der Waals surface area contributed by atoms with E-state index in [9.17, 15) is 14.4 Å². The molecule has 1 rings (SSSR count). The molecular formula is C11H18N2O4. The molecule has 0 radical (unpaired) electrons. The molecule has 1 saturated heterocycles. The summed E-state index contributed by atoms with van der Waals surface area (Å²) >= 11 is 0. The van der Waals surface area contributed by atoms with E-state index < -0.39 is 23.2 Å². The van der Waals surface area contributed by atoms with Crippen LogP contribution in [-0.4, -0.2) is 47.4 Å². The minimum absolute atomic E-state index is 0.0569. The van der Waals surface area contributed by atoms with Gasteiger partial charge >= 0.3 is 5.97 Å². The second kappa shape index (κ2) is 4.73. The van der Waals surface area contributed by atoms with Crippen molar-refractivity contribution in [3.63, 3.8) is 0 Å². The van der Waals surface area contributed by atoms with Gasteiger partial charge in [-0.25, -0.2) is 0 Å². The third kappa shape index (κ3) is 3.18. The van der Waals surface area contributed by atoms with Crippen LogP contribution in [0.5, 0.6) is 0 Å². The molecule has 1 fully saturated rings.